The number of primary amides is 1. The van der Waals surface area contributed by atoms with Crippen LogP contribution < -0.4 is 22.1 Å². The van der Waals surface area contributed by atoms with Crippen LogP contribution in [0.1, 0.15) is 10.4 Å². The van der Waals surface area contributed by atoms with E-state index in [1.807, 2.05) is 0 Å². The smallest absolute Gasteiger partial charge is 0.251 e. The molecule has 3 aromatic rings. The summed E-state index contributed by atoms with van der Waals surface area (Å²) in [6.07, 6.45) is 0. The molecular weight excluding hydrogens is 399 g/mol. The van der Waals surface area contributed by atoms with Crippen molar-refractivity contribution in [2.75, 3.05) is 16.4 Å². The number of carbonyl (C=O) groups excluding carboxylic acids is 1. The van der Waals surface area contributed by atoms with Crippen LogP contribution in [-0.4, -0.2) is 11.0 Å². The third kappa shape index (κ3) is 4.39. The third-order valence-electron chi connectivity index (χ3n) is 3.98. The maximum absolute atomic E-state index is 14.5. The molecule has 0 aliphatic rings. The molecule has 28 heavy (non-hydrogen) atoms. The van der Waals surface area contributed by atoms with Gasteiger partial charge in [-0.1, -0.05) is 35.9 Å². The average Bonchev–Trinajstić information content (AvgIpc) is 2.65. The van der Waals surface area contributed by atoms with Crippen LogP contribution in [0.25, 0.3) is 11.1 Å². The van der Waals surface area contributed by atoms with Crippen molar-refractivity contribution >= 4 is 51.9 Å². The minimum atomic E-state index is -0.808. The Bertz CT molecular complexity index is 1060. The van der Waals surface area contributed by atoms with E-state index in [2.05, 4.69) is 10.6 Å². The molecule has 8 heteroatoms. The number of halogens is 2. The number of nitrogens with two attached hydrogens (primary N) is 2. The van der Waals surface area contributed by atoms with Gasteiger partial charge in [-0.25, -0.2) is 4.39 Å². The van der Waals surface area contributed by atoms with Gasteiger partial charge in [0.05, 0.1) is 16.3 Å². The zero-order valence-electron chi connectivity index (χ0n) is 14.5. The van der Waals surface area contributed by atoms with Crippen LogP contribution in [-0.2, 0) is 0 Å². The lowest BCUT2D eigenvalue weighted by atomic mass is 10.0. The van der Waals surface area contributed by atoms with Crippen molar-refractivity contribution in [3.8, 4) is 11.1 Å². The molecule has 0 unspecified atom stereocenters. The largest absolute Gasteiger partial charge is 0.398 e. The van der Waals surface area contributed by atoms with Gasteiger partial charge in [-0.2, -0.15) is 0 Å². The second-order valence-corrected chi connectivity index (χ2v) is 6.74. The number of hydrogen-bond acceptors (Lipinski definition) is 3. The molecule has 0 bridgehead atoms. The van der Waals surface area contributed by atoms with Gasteiger partial charge in [0.25, 0.3) is 5.91 Å². The SMILES string of the molecule is NC(=O)c1cccc(-c2ccc(NC(=S)Nc3ccc(N)c(Cl)c3)cc2)c1F. The Labute approximate surface area is 171 Å². The summed E-state index contributed by atoms with van der Waals surface area (Å²) in [4.78, 5) is 11.3. The number of thiocarbonyl (C=S) groups is 1. The van der Waals surface area contributed by atoms with Crippen LogP contribution in [0.4, 0.5) is 21.5 Å². The van der Waals surface area contributed by atoms with E-state index in [-0.39, 0.29) is 5.56 Å². The van der Waals surface area contributed by atoms with E-state index in [1.54, 1.807) is 54.6 Å². The fraction of sp³-hybridized carbons (Fsp3) is 0. The lowest BCUT2D eigenvalue weighted by molar-refractivity contribution is 0.0996. The van der Waals surface area contributed by atoms with E-state index >= 15 is 0 Å². The molecule has 0 aliphatic carbocycles. The maximum Gasteiger partial charge on any atom is 0.251 e. The van der Waals surface area contributed by atoms with Gasteiger partial charge in [-0.05, 0) is 54.2 Å². The van der Waals surface area contributed by atoms with E-state index in [0.29, 0.717) is 38.3 Å². The molecule has 0 aliphatic heterocycles. The number of amides is 1. The van der Waals surface area contributed by atoms with E-state index in [1.165, 1.54) is 6.07 Å². The number of benzene rings is 3. The van der Waals surface area contributed by atoms with Gasteiger partial charge in [-0.3, -0.25) is 4.79 Å². The van der Waals surface area contributed by atoms with Crippen molar-refractivity contribution in [2.45, 2.75) is 0 Å². The Morgan fingerprint density at radius 2 is 1.64 bits per heavy atom. The Morgan fingerprint density at radius 1 is 1.00 bits per heavy atom. The fourth-order valence-corrected chi connectivity index (χ4v) is 2.99. The van der Waals surface area contributed by atoms with E-state index < -0.39 is 11.7 Å². The number of carbonyl (C=O) groups is 1. The molecular formula is C20H16ClFN4OS. The fourth-order valence-electron chi connectivity index (χ4n) is 2.58. The number of anilines is 3. The van der Waals surface area contributed by atoms with Gasteiger partial charge in [0.1, 0.15) is 5.82 Å². The highest BCUT2D eigenvalue weighted by Crippen LogP contribution is 2.26. The van der Waals surface area contributed by atoms with Crippen LogP contribution in [0.15, 0.2) is 60.7 Å². The normalized spacial score (nSPS) is 10.4. The highest BCUT2D eigenvalue weighted by Gasteiger charge is 2.13. The molecule has 0 radical (unpaired) electrons. The summed E-state index contributed by atoms with van der Waals surface area (Å²) < 4.78 is 14.5. The molecule has 3 rings (SSSR count). The van der Waals surface area contributed by atoms with Crippen LogP contribution in [0.2, 0.25) is 5.02 Å². The summed E-state index contributed by atoms with van der Waals surface area (Å²) in [6.45, 7) is 0. The minimum Gasteiger partial charge on any atom is -0.398 e. The van der Waals surface area contributed by atoms with Gasteiger partial charge in [0, 0.05) is 16.9 Å². The molecule has 0 heterocycles. The highest BCUT2D eigenvalue weighted by molar-refractivity contribution is 7.80. The molecule has 0 spiro atoms. The Balaban J connectivity index is 1.72. The number of nitrogens with one attached hydrogen (secondary N) is 2. The van der Waals surface area contributed by atoms with Gasteiger partial charge < -0.3 is 22.1 Å². The van der Waals surface area contributed by atoms with Crippen LogP contribution in [0, 0.1) is 5.82 Å². The molecule has 5 nitrogen and oxygen atoms in total. The topological polar surface area (TPSA) is 93.2 Å². The Hall–Kier alpha value is -3.16. The maximum atomic E-state index is 14.5. The summed E-state index contributed by atoms with van der Waals surface area (Å²) in [5.74, 6) is -1.45. The zero-order valence-corrected chi connectivity index (χ0v) is 16.1. The van der Waals surface area contributed by atoms with Crippen molar-refractivity contribution in [1.82, 2.24) is 0 Å². The van der Waals surface area contributed by atoms with Crippen LogP contribution in [0.5, 0.6) is 0 Å². The second kappa shape index (κ2) is 8.24. The van der Waals surface area contributed by atoms with Crippen molar-refractivity contribution in [2.24, 2.45) is 5.73 Å². The van der Waals surface area contributed by atoms with E-state index in [9.17, 15) is 9.18 Å². The molecule has 142 valence electrons. The van der Waals surface area contributed by atoms with Gasteiger partial charge in [0.15, 0.2) is 5.11 Å². The Morgan fingerprint density at radius 3 is 2.29 bits per heavy atom. The summed E-state index contributed by atoms with van der Waals surface area (Å²) >= 11 is 11.3. The predicted molar refractivity (Wildman–Crippen MR) is 116 cm³/mol. The van der Waals surface area contributed by atoms with Gasteiger partial charge >= 0.3 is 0 Å². The molecule has 6 N–H and O–H groups in total. The molecule has 0 saturated carbocycles. The van der Waals surface area contributed by atoms with E-state index in [0.717, 1.165) is 0 Å². The monoisotopic (exact) mass is 414 g/mol. The first-order chi connectivity index (χ1) is 13.3. The molecule has 1 amide bonds. The number of nitrogen functional groups attached to an aromatic ring is 1. The average molecular weight is 415 g/mol. The van der Waals surface area contributed by atoms with Crippen molar-refractivity contribution in [3.05, 3.63) is 77.1 Å². The van der Waals surface area contributed by atoms with Crippen LogP contribution >= 0.6 is 23.8 Å². The third-order valence-corrected chi connectivity index (χ3v) is 4.51. The minimum absolute atomic E-state index is 0.146. The lowest BCUT2D eigenvalue weighted by Crippen LogP contribution is -2.19. The number of rotatable bonds is 4. The lowest BCUT2D eigenvalue weighted by Gasteiger charge is -2.12. The number of hydrogen-bond donors (Lipinski definition) is 4. The quantitative estimate of drug-likeness (QED) is 0.368. The summed E-state index contributed by atoms with van der Waals surface area (Å²) in [7, 11) is 0. The standard InChI is InChI=1S/C20H16ClFN4OS/c21-16-10-13(8-9-17(16)23)26-20(28)25-12-6-4-11(5-7-12)14-2-1-3-15(18(14)22)19(24)27/h1-10H,23H2,(H2,24,27)(H2,25,26,28). The van der Waals surface area contributed by atoms with Crippen LogP contribution in [0.3, 0.4) is 0 Å². The summed E-state index contributed by atoms with van der Waals surface area (Å²) in [5, 5.41) is 6.81. The summed E-state index contributed by atoms with van der Waals surface area (Å²) in [5.41, 5.74) is 13.5. The van der Waals surface area contributed by atoms with Crippen molar-refractivity contribution in [1.29, 1.82) is 0 Å². The first kappa shape index (κ1) is 19.6. The molecule has 0 fully saturated rings. The second-order valence-electron chi connectivity index (χ2n) is 5.92. The Kier molecular flexibility index (Phi) is 5.77. The first-order valence-electron chi connectivity index (χ1n) is 8.17. The predicted octanol–water partition coefficient (Wildman–Crippen LogP) is 4.64. The van der Waals surface area contributed by atoms with Gasteiger partial charge in [-0.15, -0.1) is 0 Å². The van der Waals surface area contributed by atoms with E-state index in [4.69, 9.17) is 35.3 Å². The van der Waals surface area contributed by atoms with Crippen molar-refractivity contribution in [3.63, 3.8) is 0 Å². The molecule has 0 saturated heterocycles. The molecule has 0 atom stereocenters. The zero-order chi connectivity index (χ0) is 20.3. The first-order valence-corrected chi connectivity index (χ1v) is 8.95. The highest BCUT2D eigenvalue weighted by atomic mass is 35.5. The van der Waals surface area contributed by atoms with Gasteiger partial charge in [0.2, 0.25) is 0 Å². The molecule has 3 aromatic carbocycles. The summed E-state index contributed by atoms with van der Waals surface area (Å²) in [6, 6.07) is 16.5. The van der Waals surface area contributed by atoms with Crippen molar-refractivity contribution < 1.29 is 9.18 Å². The molecule has 0 aromatic heterocycles.